The van der Waals surface area contributed by atoms with Gasteiger partial charge >= 0.3 is 0 Å². The predicted octanol–water partition coefficient (Wildman–Crippen LogP) is 0.408. The minimum Gasteiger partial charge on any atom is -0.364 e. The summed E-state index contributed by atoms with van der Waals surface area (Å²) >= 11 is 0. The minimum absolute atomic E-state index is 0.0352. The second-order valence-corrected chi connectivity index (χ2v) is 5.26. The number of nitrogens with zero attached hydrogens (tertiary/aromatic N) is 2. The number of hydrogen-bond donors (Lipinski definition) is 1. The van der Waals surface area contributed by atoms with Crippen molar-refractivity contribution < 1.29 is 13.2 Å². The van der Waals surface area contributed by atoms with Crippen LogP contribution in [0.3, 0.4) is 0 Å². The molecule has 0 spiro atoms. The molecular formula is C11H9N3O3S. The van der Waals surface area contributed by atoms with Gasteiger partial charge in [-0.15, -0.1) is 0 Å². The number of carbonyl (C=O) groups excluding carboxylic acids is 1. The Balaban J connectivity index is 2.66. The Bertz CT molecular complexity index is 684. The lowest BCUT2D eigenvalue weighted by molar-refractivity contribution is 0.0991. The van der Waals surface area contributed by atoms with Gasteiger partial charge in [-0.25, -0.2) is 18.4 Å². The van der Waals surface area contributed by atoms with Crippen molar-refractivity contribution in [2.45, 2.75) is 9.92 Å². The molecule has 1 aromatic heterocycles. The molecule has 2 N–H and O–H groups in total. The Morgan fingerprint density at radius 1 is 1.06 bits per heavy atom. The highest BCUT2D eigenvalue weighted by Gasteiger charge is 2.25. The third-order valence-electron chi connectivity index (χ3n) is 2.21. The summed E-state index contributed by atoms with van der Waals surface area (Å²) in [6, 6.07) is 7.66. The van der Waals surface area contributed by atoms with Crippen LogP contribution in [0.15, 0.2) is 52.6 Å². The molecule has 0 atom stereocenters. The molecule has 0 radical (unpaired) electrons. The lowest BCUT2D eigenvalue weighted by atomic mass is 10.4. The van der Waals surface area contributed by atoms with Crippen LogP contribution in [-0.2, 0) is 9.84 Å². The summed E-state index contributed by atoms with van der Waals surface area (Å²) in [5.41, 5.74) is 4.72. The topological polar surface area (TPSA) is 103 Å². The zero-order valence-corrected chi connectivity index (χ0v) is 9.96. The van der Waals surface area contributed by atoms with E-state index in [9.17, 15) is 13.2 Å². The highest BCUT2D eigenvalue weighted by molar-refractivity contribution is 7.91. The van der Waals surface area contributed by atoms with Crippen LogP contribution in [-0.4, -0.2) is 24.3 Å². The van der Waals surface area contributed by atoms with Crippen molar-refractivity contribution in [1.29, 1.82) is 0 Å². The summed E-state index contributed by atoms with van der Waals surface area (Å²) in [7, 11) is -3.89. The van der Waals surface area contributed by atoms with Crippen LogP contribution in [0.4, 0.5) is 0 Å². The fourth-order valence-electron chi connectivity index (χ4n) is 1.40. The molecule has 0 saturated carbocycles. The van der Waals surface area contributed by atoms with Gasteiger partial charge in [0.25, 0.3) is 5.91 Å². The maximum atomic E-state index is 12.2. The Kier molecular flexibility index (Phi) is 3.07. The molecular weight excluding hydrogens is 254 g/mol. The van der Waals surface area contributed by atoms with Gasteiger partial charge in [0.2, 0.25) is 9.84 Å². The van der Waals surface area contributed by atoms with Crippen LogP contribution in [0.25, 0.3) is 0 Å². The number of hydrogen-bond acceptors (Lipinski definition) is 5. The van der Waals surface area contributed by atoms with Gasteiger partial charge in [-0.3, -0.25) is 4.79 Å². The van der Waals surface area contributed by atoms with E-state index in [1.165, 1.54) is 24.5 Å². The van der Waals surface area contributed by atoms with Gasteiger partial charge in [-0.05, 0) is 12.1 Å². The molecule has 0 aliphatic rings. The summed E-state index contributed by atoms with van der Waals surface area (Å²) in [5, 5.41) is -0.427. The molecule has 0 bridgehead atoms. The standard InChI is InChI=1S/C11H9N3O3S/c12-10(15)9-11(14-7-6-13-9)18(16,17)8-4-2-1-3-5-8/h1-7H,(H2,12,15). The van der Waals surface area contributed by atoms with E-state index in [-0.39, 0.29) is 10.6 Å². The van der Waals surface area contributed by atoms with Crippen molar-refractivity contribution in [2.24, 2.45) is 5.73 Å². The molecule has 1 heterocycles. The van der Waals surface area contributed by atoms with Gasteiger partial charge in [0.05, 0.1) is 4.90 Å². The van der Waals surface area contributed by atoms with Crippen LogP contribution in [0, 0.1) is 0 Å². The average Bonchev–Trinajstić information content (AvgIpc) is 2.39. The molecule has 18 heavy (non-hydrogen) atoms. The fourth-order valence-corrected chi connectivity index (χ4v) is 2.75. The molecule has 7 heteroatoms. The van der Waals surface area contributed by atoms with Crippen LogP contribution in [0.5, 0.6) is 0 Å². The molecule has 0 saturated heterocycles. The lowest BCUT2D eigenvalue weighted by Crippen LogP contribution is -2.19. The van der Waals surface area contributed by atoms with Crippen molar-refractivity contribution in [3.05, 3.63) is 48.4 Å². The Morgan fingerprint density at radius 3 is 2.28 bits per heavy atom. The lowest BCUT2D eigenvalue weighted by Gasteiger charge is -2.05. The SMILES string of the molecule is NC(=O)c1nccnc1S(=O)(=O)c1ccccc1. The van der Waals surface area contributed by atoms with Crippen LogP contribution in [0.1, 0.15) is 10.5 Å². The van der Waals surface area contributed by atoms with Crippen molar-refractivity contribution in [3.8, 4) is 0 Å². The number of benzene rings is 1. The third-order valence-corrected chi connectivity index (χ3v) is 3.91. The summed E-state index contributed by atoms with van der Waals surface area (Å²) < 4.78 is 24.5. The van der Waals surface area contributed by atoms with E-state index in [1.54, 1.807) is 18.2 Å². The van der Waals surface area contributed by atoms with Gasteiger partial charge in [-0.1, -0.05) is 18.2 Å². The van der Waals surface area contributed by atoms with E-state index < -0.39 is 20.8 Å². The van der Waals surface area contributed by atoms with E-state index in [0.29, 0.717) is 0 Å². The maximum absolute atomic E-state index is 12.2. The zero-order chi connectivity index (χ0) is 13.2. The number of rotatable bonds is 3. The first kappa shape index (κ1) is 12.2. The van der Waals surface area contributed by atoms with Gasteiger partial charge in [0.1, 0.15) is 0 Å². The molecule has 0 unspecified atom stereocenters. The van der Waals surface area contributed by atoms with Crippen LogP contribution in [0.2, 0.25) is 0 Å². The van der Waals surface area contributed by atoms with E-state index >= 15 is 0 Å². The first-order valence-corrected chi connectivity index (χ1v) is 6.43. The van der Waals surface area contributed by atoms with Gasteiger partial charge in [-0.2, -0.15) is 0 Å². The van der Waals surface area contributed by atoms with E-state index in [4.69, 9.17) is 5.73 Å². The number of carbonyl (C=O) groups is 1. The van der Waals surface area contributed by atoms with E-state index in [2.05, 4.69) is 9.97 Å². The number of nitrogens with two attached hydrogens (primary N) is 1. The minimum atomic E-state index is -3.89. The first-order valence-electron chi connectivity index (χ1n) is 4.94. The maximum Gasteiger partial charge on any atom is 0.270 e. The monoisotopic (exact) mass is 263 g/mol. The number of sulfone groups is 1. The summed E-state index contributed by atoms with van der Waals surface area (Å²) in [6.07, 6.45) is 2.41. The molecule has 2 aromatic rings. The quantitative estimate of drug-likeness (QED) is 0.863. The molecule has 92 valence electrons. The van der Waals surface area contributed by atoms with Crippen molar-refractivity contribution in [2.75, 3.05) is 0 Å². The van der Waals surface area contributed by atoms with Crippen LogP contribution < -0.4 is 5.73 Å². The van der Waals surface area contributed by atoms with Gasteiger partial charge in [0, 0.05) is 12.4 Å². The van der Waals surface area contributed by atoms with Gasteiger partial charge in [0.15, 0.2) is 10.7 Å². The highest BCUT2D eigenvalue weighted by atomic mass is 32.2. The molecule has 0 aliphatic heterocycles. The van der Waals surface area contributed by atoms with Crippen molar-refractivity contribution in [3.63, 3.8) is 0 Å². The van der Waals surface area contributed by atoms with E-state index in [1.807, 2.05) is 0 Å². The highest BCUT2D eigenvalue weighted by Crippen LogP contribution is 2.20. The summed E-state index contributed by atoms with van der Waals surface area (Å²) in [5.74, 6) is -0.933. The predicted molar refractivity (Wildman–Crippen MR) is 62.4 cm³/mol. The van der Waals surface area contributed by atoms with Crippen LogP contribution >= 0.6 is 0 Å². The second kappa shape index (κ2) is 4.53. The van der Waals surface area contributed by atoms with Gasteiger partial charge < -0.3 is 5.73 Å². The average molecular weight is 263 g/mol. The number of amides is 1. The summed E-state index contributed by atoms with van der Waals surface area (Å²) in [4.78, 5) is 18.5. The summed E-state index contributed by atoms with van der Waals surface area (Å²) in [6.45, 7) is 0. The Labute approximate surface area is 103 Å². The molecule has 1 aromatic carbocycles. The second-order valence-electron chi connectivity index (χ2n) is 3.39. The largest absolute Gasteiger partial charge is 0.364 e. The number of primary amides is 1. The van der Waals surface area contributed by atoms with E-state index in [0.717, 1.165) is 0 Å². The van der Waals surface area contributed by atoms with Crippen molar-refractivity contribution >= 4 is 15.7 Å². The molecule has 0 aliphatic carbocycles. The number of aromatic nitrogens is 2. The molecule has 1 amide bonds. The molecule has 2 rings (SSSR count). The third kappa shape index (κ3) is 2.07. The smallest absolute Gasteiger partial charge is 0.270 e. The van der Waals surface area contributed by atoms with Crippen molar-refractivity contribution in [1.82, 2.24) is 9.97 Å². The molecule has 6 nitrogen and oxygen atoms in total. The molecule has 0 fully saturated rings. The Morgan fingerprint density at radius 2 is 1.67 bits per heavy atom. The first-order chi connectivity index (χ1) is 8.53. The normalized spacial score (nSPS) is 11.1. The fraction of sp³-hybridized carbons (Fsp3) is 0. The Hall–Kier alpha value is -2.28. The zero-order valence-electron chi connectivity index (χ0n) is 9.15.